The minimum atomic E-state index is -0.508. The Hall–Kier alpha value is -2.34. The van der Waals surface area contributed by atoms with Crippen LogP contribution in [-0.4, -0.2) is 16.8 Å². The lowest BCUT2D eigenvalue weighted by Crippen LogP contribution is -2.29. The van der Waals surface area contributed by atoms with Gasteiger partial charge >= 0.3 is 0 Å². The number of halogens is 1. The quantitative estimate of drug-likeness (QED) is 0.871. The monoisotopic (exact) mass is 357 g/mol. The van der Waals surface area contributed by atoms with E-state index in [9.17, 15) is 9.18 Å². The molecule has 25 heavy (non-hydrogen) atoms. The minimum absolute atomic E-state index is 0.149. The highest BCUT2D eigenvalue weighted by atomic mass is 32.2. The molecule has 1 aliphatic heterocycles. The predicted molar refractivity (Wildman–Crippen MR) is 102 cm³/mol. The van der Waals surface area contributed by atoms with Crippen LogP contribution in [0, 0.1) is 12.7 Å². The highest BCUT2D eigenvalue weighted by Crippen LogP contribution is 2.36. The van der Waals surface area contributed by atoms with Gasteiger partial charge in [-0.2, -0.15) is 0 Å². The molecule has 0 aromatic heterocycles. The van der Waals surface area contributed by atoms with Crippen molar-refractivity contribution in [2.75, 3.05) is 11.1 Å². The Balaban J connectivity index is 1.88. The van der Waals surface area contributed by atoms with Crippen LogP contribution in [0.25, 0.3) is 0 Å². The van der Waals surface area contributed by atoms with E-state index >= 15 is 0 Å². The van der Waals surface area contributed by atoms with Crippen molar-refractivity contribution in [3.8, 4) is 0 Å². The molecular weight excluding hydrogens is 337 g/mol. The minimum Gasteiger partial charge on any atom is -0.379 e. The lowest BCUT2D eigenvalue weighted by molar-refractivity contribution is 0.102. The normalized spacial score (nSPS) is 20.0. The fraction of sp³-hybridized carbons (Fsp3) is 0.263. The molecule has 2 aromatic carbocycles. The van der Waals surface area contributed by atoms with Gasteiger partial charge in [-0.1, -0.05) is 35.5 Å². The smallest absolute Gasteiger partial charge is 0.255 e. The van der Waals surface area contributed by atoms with Crippen LogP contribution in [0.4, 0.5) is 10.1 Å². The van der Waals surface area contributed by atoms with Gasteiger partial charge in [0.1, 0.15) is 5.82 Å². The molecule has 0 fully saturated rings. The topological polar surface area (TPSA) is 67.5 Å². The summed E-state index contributed by atoms with van der Waals surface area (Å²) in [6.45, 7) is 3.92. The first kappa shape index (κ1) is 17.5. The number of benzene rings is 2. The molecule has 3 rings (SSSR count). The number of carbonyl (C=O) groups is 1. The number of nitrogens with zero attached hydrogens (tertiary/aromatic N) is 1. The maximum atomic E-state index is 14.2. The zero-order valence-corrected chi connectivity index (χ0v) is 15.0. The van der Waals surface area contributed by atoms with Gasteiger partial charge in [-0.05, 0) is 50.1 Å². The van der Waals surface area contributed by atoms with Gasteiger partial charge in [-0.25, -0.2) is 4.39 Å². The number of amides is 1. The largest absolute Gasteiger partial charge is 0.379 e. The molecule has 4 nitrogen and oxygen atoms in total. The molecule has 1 atom stereocenters. The average molecular weight is 357 g/mol. The number of nitrogens with two attached hydrogens (primary N) is 1. The summed E-state index contributed by atoms with van der Waals surface area (Å²) in [6.07, 6.45) is 0.801. The van der Waals surface area contributed by atoms with Crippen molar-refractivity contribution in [3.05, 3.63) is 65.0 Å². The van der Waals surface area contributed by atoms with Crippen LogP contribution in [0.15, 0.2) is 47.5 Å². The van der Waals surface area contributed by atoms with E-state index in [1.54, 1.807) is 24.3 Å². The Kier molecular flexibility index (Phi) is 4.81. The number of amidine groups is 1. The Morgan fingerprint density at radius 2 is 2.00 bits per heavy atom. The van der Waals surface area contributed by atoms with Crippen molar-refractivity contribution in [3.63, 3.8) is 0 Å². The van der Waals surface area contributed by atoms with Crippen LogP contribution >= 0.6 is 11.8 Å². The number of aryl methyl sites for hydroxylation is 1. The molecular formula is C19H20FN3OS. The third-order valence-corrected chi connectivity index (χ3v) is 5.14. The van der Waals surface area contributed by atoms with Crippen molar-refractivity contribution >= 4 is 28.5 Å². The molecule has 0 aliphatic carbocycles. The van der Waals surface area contributed by atoms with E-state index in [-0.39, 0.29) is 11.6 Å². The van der Waals surface area contributed by atoms with Crippen molar-refractivity contribution in [2.24, 2.45) is 10.7 Å². The fourth-order valence-electron chi connectivity index (χ4n) is 2.75. The Bertz CT molecular complexity index is 835. The Labute approximate surface area is 150 Å². The standard InChI is InChI=1S/C19H20FN3OS/c1-12-3-5-13(6-4-12)17(24)22-16-11-14(7-8-15(16)20)19(2)9-10-25-18(21)23-19/h3-8,11H,9-10H2,1-2H3,(H2,21,23)(H,22,24). The second-order valence-corrected chi connectivity index (χ2v) is 7.45. The SMILES string of the molecule is Cc1ccc(C(=O)Nc2cc(C3(C)CCSC(N)=N3)ccc2F)cc1. The molecule has 0 saturated heterocycles. The number of thioether (sulfide) groups is 1. The van der Waals surface area contributed by atoms with E-state index in [0.717, 1.165) is 23.3 Å². The molecule has 0 bridgehead atoms. The Morgan fingerprint density at radius 1 is 1.28 bits per heavy atom. The van der Waals surface area contributed by atoms with E-state index in [0.29, 0.717) is 10.7 Å². The number of carbonyl (C=O) groups excluding carboxylic acids is 1. The van der Waals surface area contributed by atoms with Gasteiger partial charge in [0.15, 0.2) is 5.17 Å². The number of hydrogen-bond acceptors (Lipinski definition) is 4. The van der Waals surface area contributed by atoms with Gasteiger partial charge in [-0.15, -0.1) is 0 Å². The molecule has 0 saturated carbocycles. The van der Waals surface area contributed by atoms with E-state index in [2.05, 4.69) is 10.3 Å². The van der Waals surface area contributed by atoms with Crippen LogP contribution in [0.2, 0.25) is 0 Å². The summed E-state index contributed by atoms with van der Waals surface area (Å²) in [5, 5.41) is 3.19. The lowest BCUT2D eigenvalue weighted by Gasteiger charge is -2.30. The van der Waals surface area contributed by atoms with Crippen LogP contribution < -0.4 is 11.1 Å². The summed E-state index contributed by atoms with van der Waals surface area (Å²) in [4.78, 5) is 16.9. The number of hydrogen-bond donors (Lipinski definition) is 2. The molecule has 130 valence electrons. The molecule has 1 amide bonds. The van der Waals surface area contributed by atoms with E-state index < -0.39 is 11.4 Å². The van der Waals surface area contributed by atoms with Crippen molar-refractivity contribution < 1.29 is 9.18 Å². The summed E-state index contributed by atoms with van der Waals surface area (Å²) in [7, 11) is 0. The summed E-state index contributed by atoms with van der Waals surface area (Å²) in [6, 6.07) is 11.8. The maximum Gasteiger partial charge on any atom is 0.255 e. The third-order valence-electron chi connectivity index (χ3n) is 4.35. The van der Waals surface area contributed by atoms with Crippen molar-refractivity contribution in [1.82, 2.24) is 0 Å². The van der Waals surface area contributed by atoms with E-state index in [1.165, 1.54) is 17.8 Å². The second kappa shape index (κ2) is 6.88. The van der Waals surface area contributed by atoms with Crippen LogP contribution in [0.5, 0.6) is 0 Å². The van der Waals surface area contributed by atoms with E-state index in [4.69, 9.17) is 5.73 Å². The van der Waals surface area contributed by atoms with Crippen LogP contribution in [-0.2, 0) is 5.54 Å². The summed E-state index contributed by atoms with van der Waals surface area (Å²) < 4.78 is 14.2. The molecule has 6 heteroatoms. The number of aliphatic imine (C=N–C) groups is 1. The summed E-state index contributed by atoms with van der Waals surface area (Å²) >= 11 is 1.52. The second-order valence-electron chi connectivity index (χ2n) is 6.34. The zero-order valence-electron chi connectivity index (χ0n) is 14.2. The molecule has 0 radical (unpaired) electrons. The van der Waals surface area contributed by atoms with Crippen LogP contribution in [0.3, 0.4) is 0 Å². The van der Waals surface area contributed by atoms with Gasteiger partial charge in [0.05, 0.1) is 11.2 Å². The first-order valence-electron chi connectivity index (χ1n) is 8.03. The van der Waals surface area contributed by atoms with Gasteiger partial charge in [0, 0.05) is 11.3 Å². The van der Waals surface area contributed by atoms with Gasteiger partial charge in [-0.3, -0.25) is 9.79 Å². The molecule has 1 heterocycles. The molecule has 1 unspecified atom stereocenters. The molecule has 1 aliphatic rings. The molecule has 0 spiro atoms. The van der Waals surface area contributed by atoms with Crippen molar-refractivity contribution in [2.45, 2.75) is 25.8 Å². The molecule has 2 aromatic rings. The maximum absolute atomic E-state index is 14.2. The van der Waals surface area contributed by atoms with Gasteiger partial charge in [0.25, 0.3) is 5.91 Å². The predicted octanol–water partition coefficient (Wildman–Crippen LogP) is 4.05. The number of rotatable bonds is 3. The summed E-state index contributed by atoms with van der Waals surface area (Å²) in [5.74, 6) is 0.0345. The highest BCUT2D eigenvalue weighted by Gasteiger charge is 2.30. The fourth-order valence-corrected chi connectivity index (χ4v) is 3.72. The first-order chi connectivity index (χ1) is 11.9. The summed E-state index contributed by atoms with van der Waals surface area (Å²) in [5.41, 5.74) is 7.87. The lowest BCUT2D eigenvalue weighted by atomic mass is 9.89. The van der Waals surface area contributed by atoms with E-state index in [1.807, 2.05) is 26.0 Å². The number of anilines is 1. The van der Waals surface area contributed by atoms with Crippen LogP contribution in [0.1, 0.15) is 34.8 Å². The first-order valence-corrected chi connectivity index (χ1v) is 9.02. The average Bonchev–Trinajstić information content (AvgIpc) is 2.57. The zero-order chi connectivity index (χ0) is 18.0. The van der Waals surface area contributed by atoms with Gasteiger partial charge < -0.3 is 11.1 Å². The molecule has 3 N–H and O–H groups in total. The highest BCUT2D eigenvalue weighted by molar-refractivity contribution is 8.13. The van der Waals surface area contributed by atoms with Gasteiger partial charge in [0.2, 0.25) is 0 Å². The third kappa shape index (κ3) is 3.85. The van der Waals surface area contributed by atoms with Crippen molar-refractivity contribution in [1.29, 1.82) is 0 Å². The Morgan fingerprint density at radius 3 is 2.68 bits per heavy atom. The number of nitrogens with one attached hydrogen (secondary N) is 1.